The van der Waals surface area contributed by atoms with Crippen molar-refractivity contribution in [2.75, 3.05) is 18.8 Å². The molecule has 4 rings (SSSR count). The van der Waals surface area contributed by atoms with Gasteiger partial charge in [0.15, 0.2) is 0 Å². The van der Waals surface area contributed by atoms with E-state index < -0.39 is 12.1 Å². The second kappa shape index (κ2) is 12.1. The molecule has 1 saturated carbocycles. The summed E-state index contributed by atoms with van der Waals surface area (Å²) in [6.07, 6.45) is 5.91. The summed E-state index contributed by atoms with van der Waals surface area (Å²) in [6, 6.07) is 14.1. The molecule has 188 valence electrons. The van der Waals surface area contributed by atoms with E-state index in [1.807, 2.05) is 30.3 Å². The van der Waals surface area contributed by atoms with Gasteiger partial charge in [0.1, 0.15) is 12.0 Å². The SMILES string of the molecule is Cc1c(O)cccc1C(=O)N[C@@H](CSc1ccccc1)[C@H](O)CN1C[C@H]2CCCC[C@H]2C[C@H]1C=O. The number of aldehydes is 1. The highest BCUT2D eigenvalue weighted by Gasteiger charge is 2.38. The Bertz CT molecular complexity index is 1000. The fraction of sp³-hybridized carbons (Fsp3) is 0.500. The maximum absolute atomic E-state index is 13.1. The number of fused-ring (bicyclic) bond motifs is 1. The molecule has 5 atom stereocenters. The van der Waals surface area contributed by atoms with Crippen molar-refractivity contribution in [2.45, 2.75) is 62.1 Å². The van der Waals surface area contributed by atoms with Gasteiger partial charge < -0.3 is 20.3 Å². The lowest BCUT2D eigenvalue weighted by Crippen LogP contribution is -2.55. The summed E-state index contributed by atoms with van der Waals surface area (Å²) >= 11 is 1.58. The number of carbonyl (C=O) groups is 2. The number of aliphatic hydroxyl groups excluding tert-OH is 1. The number of aliphatic hydroxyl groups is 1. The number of hydrogen-bond acceptors (Lipinski definition) is 6. The predicted molar refractivity (Wildman–Crippen MR) is 139 cm³/mol. The van der Waals surface area contributed by atoms with Gasteiger partial charge in [-0.15, -0.1) is 11.8 Å². The van der Waals surface area contributed by atoms with Crippen LogP contribution in [0.5, 0.6) is 5.75 Å². The zero-order chi connectivity index (χ0) is 24.8. The van der Waals surface area contributed by atoms with Crippen LogP contribution in [0.4, 0.5) is 0 Å². The van der Waals surface area contributed by atoms with E-state index in [0.717, 1.165) is 24.1 Å². The van der Waals surface area contributed by atoms with Crippen molar-refractivity contribution >= 4 is 24.0 Å². The Balaban J connectivity index is 1.48. The molecule has 2 aromatic rings. The van der Waals surface area contributed by atoms with Gasteiger partial charge in [-0.2, -0.15) is 0 Å². The molecule has 0 spiro atoms. The van der Waals surface area contributed by atoms with Gasteiger partial charge in [-0.05, 0) is 55.9 Å². The van der Waals surface area contributed by atoms with Crippen molar-refractivity contribution in [3.63, 3.8) is 0 Å². The quantitative estimate of drug-likeness (QED) is 0.359. The van der Waals surface area contributed by atoms with E-state index in [0.29, 0.717) is 35.3 Å². The van der Waals surface area contributed by atoms with Crippen LogP contribution in [0.2, 0.25) is 0 Å². The number of phenols is 1. The van der Waals surface area contributed by atoms with Crippen molar-refractivity contribution in [1.29, 1.82) is 0 Å². The Morgan fingerprint density at radius 1 is 1.14 bits per heavy atom. The van der Waals surface area contributed by atoms with E-state index in [4.69, 9.17) is 0 Å². The fourth-order valence-corrected chi connectivity index (χ4v) is 6.54. The number of amides is 1. The van der Waals surface area contributed by atoms with E-state index in [1.165, 1.54) is 25.7 Å². The van der Waals surface area contributed by atoms with Gasteiger partial charge in [0.05, 0.1) is 18.2 Å². The number of piperidine rings is 1. The summed E-state index contributed by atoms with van der Waals surface area (Å²) in [6.45, 7) is 2.87. The number of hydrogen-bond donors (Lipinski definition) is 3. The molecule has 3 N–H and O–H groups in total. The molecule has 1 amide bonds. The molecule has 6 nitrogen and oxygen atoms in total. The van der Waals surface area contributed by atoms with Gasteiger partial charge in [-0.25, -0.2) is 0 Å². The summed E-state index contributed by atoms with van der Waals surface area (Å²) in [5.74, 6) is 1.41. The Morgan fingerprint density at radius 3 is 2.63 bits per heavy atom. The minimum atomic E-state index is -0.838. The summed E-state index contributed by atoms with van der Waals surface area (Å²) in [5.41, 5.74) is 0.898. The third-order valence-corrected chi connectivity index (χ3v) is 8.76. The average molecular weight is 497 g/mol. The third kappa shape index (κ3) is 6.46. The van der Waals surface area contributed by atoms with Gasteiger partial charge in [0, 0.05) is 34.9 Å². The molecule has 2 aromatic carbocycles. The molecular weight excluding hydrogens is 460 g/mol. The highest BCUT2D eigenvalue weighted by molar-refractivity contribution is 7.99. The number of nitrogens with one attached hydrogen (secondary N) is 1. The normalized spacial score (nSPS) is 24.2. The number of thioether (sulfide) groups is 1. The Hall–Kier alpha value is -2.35. The van der Waals surface area contributed by atoms with Crippen LogP contribution in [0.15, 0.2) is 53.4 Å². The average Bonchev–Trinajstić information content (AvgIpc) is 2.88. The zero-order valence-electron chi connectivity index (χ0n) is 20.3. The molecule has 0 unspecified atom stereocenters. The number of phenolic OH excluding ortho intramolecular Hbond substituents is 1. The zero-order valence-corrected chi connectivity index (χ0v) is 21.1. The second-order valence-corrected chi connectivity index (χ2v) is 11.0. The highest BCUT2D eigenvalue weighted by atomic mass is 32.2. The van der Waals surface area contributed by atoms with Crippen LogP contribution in [-0.2, 0) is 4.79 Å². The Kier molecular flexibility index (Phi) is 8.87. The largest absolute Gasteiger partial charge is 0.508 e. The third-order valence-electron chi connectivity index (χ3n) is 7.63. The monoisotopic (exact) mass is 496 g/mol. The number of β-amino-alcohol motifs (C(OH)–C–C–N with tert-alkyl or cyclic N) is 1. The lowest BCUT2D eigenvalue weighted by molar-refractivity contribution is -0.116. The molecule has 1 heterocycles. The molecular formula is C28H36N2O4S. The number of aromatic hydroxyl groups is 1. The van der Waals surface area contributed by atoms with Crippen molar-refractivity contribution in [1.82, 2.24) is 10.2 Å². The predicted octanol–water partition coefficient (Wildman–Crippen LogP) is 4.03. The molecule has 1 aliphatic heterocycles. The van der Waals surface area contributed by atoms with E-state index in [2.05, 4.69) is 10.2 Å². The van der Waals surface area contributed by atoms with E-state index in [9.17, 15) is 19.8 Å². The van der Waals surface area contributed by atoms with Gasteiger partial charge in [0.2, 0.25) is 0 Å². The molecule has 35 heavy (non-hydrogen) atoms. The highest BCUT2D eigenvalue weighted by Crippen LogP contribution is 2.38. The first-order chi connectivity index (χ1) is 17.0. The first-order valence-electron chi connectivity index (χ1n) is 12.6. The lowest BCUT2D eigenvalue weighted by atomic mass is 9.73. The van der Waals surface area contributed by atoms with Crippen LogP contribution >= 0.6 is 11.8 Å². The summed E-state index contributed by atoms with van der Waals surface area (Å²) in [5, 5.41) is 24.4. The first-order valence-corrected chi connectivity index (χ1v) is 13.6. The van der Waals surface area contributed by atoms with Crippen molar-refractivity contribution in [2.24, 2.45) is 11.8 Å². The Labute approximate surface area is 212 Å². The molecule has 2 aliphatic rings. The van der Waals surface area contributed by atoms with Gasteiger partial charge in [-0.3, -0.25) is 9.69 Å². The fourth-order valence-electron chi connectivity index (χ4n) is 5.52. The minimum absolute atomic E-state index is 0.0672. The van der Waals surface area contributed by atoms with E-state index >= 15 is 0 Å². The maximum Gasteiger partial charge on any atom is 0.252 e. The maximum atomic E-state index is 13.1. The van der Waals surface area contributed by atoms with Gasteiger partial charge in [-0.1, -0.05) is 43.5 Å². The van der Waals surface area contributed by atoms with Crippen molar-refractivity contribution in [3.05, 3.63) is 59.7 Å². The summed E-state index contributed by atoms with van der Waals surface area (Å²) < 4.78 is 0. The summed E-state index contributed by atoms with van der Waals surface area (Å²) in [7, 11) is 0. The molecule has 0 aromatic heterocycles. The molecule has 7 heteroatoms. The second-order valence-electron chi connectivity index (χ2n) is 9.92. The van der Waals surface area contributed by atoms with Crippen molar-refractivity contribution in [3.8, 4) is 5.75 Å². The van der Waals surface area contributed by atoms with Gasteiger partial charge >= 0.3 is 0 Å². The molecule has 2 fully saturated rings. The number of nitrogens with zero attached hydrogens (tertiary/aromatic N) is 1. The van der Waals surface area contributed by atoms with E-state index in [-0.39, 0.29) is 17.7 Å². The lowest BCUT2D eigenvalue weighted by Gasteiger charge is -2.45. The van der Waals surface area contributed by atoms with Crippen molar-refractivity contribution < 1.29 is 19.8 Å². The smallest absolute Gasteiger partial charge is 0.252 e. The molecule has 1 aliphatic carbocycles. The van der Waals surface area contributed by atoms with Crippen LogP contribution in [0.25, 0.3) is 0 Å². The van der Waals surface area contributed by atoms with Crippen LogP contribution in [0.1, 0.15) is 48.0 Å². The number of benzene rings is 2. The minimum Gasteiger partial charge on any atom is -0.508 e. The molecule has 1 saturated heterocycles. The summed E-state index contributed by atoms with van der Waals surface area (Å²) in [4.78, 5) is 28.2. The van der Waals surface area contributed by atoms with Crippen LogP contribution in [0, 0.1) is 18.8 Å². The number of likely N-dealkylation sites (tertiary alicyclic amines) is 1. The topological polar surface area (TPSA) is 89.9 Å². The van der Waals surface area contributed by atoms with E-state index in [1.54, 1.807) is 36.9 Å². The number of carbonyl (C=O) groups excluding carboxylic acids is 2. The first kappa shape index (κ1) is 25.7. The van der Waals surface area contributed by atoms with Crippen LogP contribution in [-0.4, -0.2) is 64.3 Å². The van der Waals surface area contributed by atoms with Crippen LogP contribution in [0.3, 0.4) is 0 Å². The molecule has 0 radical (unpaired) electrons. The van der Waals surface area contributed by atoms with Crippen LogP contribution < -0.4 is 5.32 Å². The van der Waals surface area contributed by atoms with Gasteiger partial charge in [0.25, 0.3) is 5.91 Å². The molecule has 0 bridgehead atoms. The standard InChI is InChI=1S/C28H36N2O4S/c1-19-24(12-7-13-26(19)32)28(34)29-25(18-35-23-10-3-2-4-11-23)27(33)16-30-15-21-9-6-5-8-20(21)14-22(30)17-31/h2-4,7,10-13,17,20-22,25,27,32-33H,5-6,8-9,14-16,18H2,1H3,(H,29,34)/t20-,21+,22-,25-,27+/m0/s1. The number of rotatable bonds is 9. The Morgan fingerprint density at radius 2 is 1.89 bits per heavy atom.